The van der Waals surface area contributed by atoms with Crippen molar-refractivity contribution in [3.8, 4) is 11.5 Å². The van der Waals surface area contributed by atoms with E-state index in [4.69, 9.17) is 5.11 Å². The lowest BCUT2D eigenvalue weighted by molar-refractivity contribution is -0.143. The first-order chi connectivity index (χ1) is 9.02. The number of carbonyl (C=O) groups is 2. The van der Waals surface area contributed by atoms with Gasteiger partial charge in [0, 0.05) is 6.54 Å². The second kappa shape index (κ2) is 5.17. The number of carboxylic acids is 1. The Morgan fingerprint density at radius 2 is 1.79 bits per heavy atom. The zero-order valence-corrected chi connectivity index (χ0v) is 10.2. The van der Waals surface area contributed by atoms with Crippen molar-refractivity contribution in [2.75, 3.05) is 6.54 Å². The van der Waals surface area contributed by atoms with Gasteiger partial charge in [-0.1, -0.05) is 6.07 Å². The summed E-state index contributed by atoms with van der Waals surface area (Å²) in [4.78, 5) is 24.6. The summed E-state index contributed by atoms with van der Waals surface area (Å²) in [7, 11) is 0. The SMILES string of the molecule is O=C(O)C1CCCCN1C(=O)c1c(O)cccc1O. The average molecular weight is 265 g/mol. The van der Waals surface area contributed by atoms with Gasteiger partial charge in [0.05, 0.1) is 0 Å². The van der Waals surface area contributed by atoms with E-state index in [1.165, 1.54) is 23.1 Å². The van der Waals surface area contributed by atoms with Gasteiger partial charge in [-0.2, -0.15) is 0 Å². The van der Waals surface area contributed by atoms with E-state index >= 15 is 0 Å². The highest BCUT2D eigenvalue weighted by atomic mass is 16.4. The van der Waals surface area contributed by atoms with Crippen LogP contribution in [0.25, 0.3) is 0 Å². The molecule has 102 valence electrons. The first-order valence-corrected chi connectivity index (χ1v) is 6.07. The topological polar surface area (TPSA) is 98.1 Å². The Morgan fingerprint density at radius 1 is 1.16 bits per heavy atom. The minimum atomic E-state index is -1.07. The van der Waals surface area contributed by atoms with E-state index in [-0.39, 0.29) is 17.1 Å². The van der Waals surface area contributed by atoms with Crippen molar-refractivity contribution >= 4 is 11.9 Å². The zero-order valence-electron chi connectivity index (χ0n) is 10.2. The van der Waals surface area contributed by atoms with E-state index in [0.717, 1.165) is 6.42 Å². The van der Waals surface area contributed by atoms with Crippen molar-refractivity contribution in [1.29, 1.82) is 0 Å². The van der Waals surface area contributed by atoms with Crippen molar-refractivity contribution in [2.45, 2.75) is 25.3 Å². The van der Waals surface area contributed by atoms with Crippen LogP contribution < -0.4 is 0 Å². The summed E-state index contributed by atoms with van der Waals surface area (Å²) in [5.74, 6) is -2.41. The zero-order chi connectivity index (χ0) is 14.0. The quantitative estimate of drug-likeness (QED) is 0.745. The van der Waals surface area contributed by atoms with E-state index in [1.54, 1.807) is 0 Å². The maximum atomic E-state index is 12.3. The van der Waals surface area contributed by atoms with Gasteiger partial charge in [0.1, 0.15) is 23.1 Å². The number of benzene rings is 1. The number of hydrogen-bond donors (Lipinski definition) is 3. The van der Waals surface area contributed by atoms with Crippen LogP contribution in [0.1, 0.15) is 29.6 Å². The minimum Gasteiger partial charge on any atom is -0.507 e. The maximum Gasteiger partial charge on any atom is 0.326 e. The van der Waals surface area contributed by atoms with E-state index in [9.17, 15) is 19.8 Å². The molecule has 1 aromatic carbocycles. The molecule has 1 aliphatic rings. The number of phenols is 2. The second-order valence-corrected chi connectivity index (χ2v) is 4.52. The van der Waals surface area contributed by atoms with Gasteiger partial charge in [-0.15, -0.1) is 0 Å². The van der Waals surface area contributed by atoms with Gasteiger partial charge in [-0.25, -0.2) is 4.79 Å². The summed E-state index contributed by atoms with van der Waals surface area (Å²) in [6, 6.07) is 3.08. The molecule has 0 spiro atoms. The van der Waals surface area contributed by atoms with Gasteiger partial charge >= 0.3 is 5.97 Å². The second-order valence-electron chi connectivity index (χ2n) is 4.52. The number of piperidine rings is 1. The molecule has 0 bridgehead atoms. The van der Waals surface area contributed by atoms with E-state index in [2.05, 4.69) is 0 Å². The molecule has 19 heavy (non-hydrogen) atoms. The molecule has 0 aliphatic carbocycles. The lowest BCUT2D eigenvalue weighted by Gasteiger charge is -2.33. The van der Waals surface area contributed by atoms with E-state index in [0.29, 0.717) is 19.4 Å². The summed E-state index contributed by atoms with van der Waals surface area (Å²) in [6.45, 7) is 0.309. The van der Waals surface area contributed by atoms with Crippen LogP contribution in [0.5, 0.6) is 11.5 Å². The summed E-state index contributed by atoms with van der Waals surface area (Å²) >= 11 is 0. The van der Waals surface area contributed by atoms with Crippen LogP contribution in [0.15, 0.2) is 18.2 Å². The van der Waals surface area contributed by atoms with Crippen molar-refractivity contribution in [3.63, 3.8) is 0 Å². The van der Waals surface area contributed by atoms with Crippen molar-refractivity contribution < 1.29 is 24.9 Å². The molecular weight excluding hydrogens is 250 g/mol. The molecule has 1 unspecified atom stereocenters. The lowest BCUT2D eigenvalue weighted by atomic mass is 10.0. The van der Waals surface area contributed by atoms with Gasteiger partial charge < -0.3 is 20.2 Å². The monoisotopic (exact) mass is 265 g/mol. The molecule has 0 aromatic heterocycles. The summed E-state index contributed by atoms with van der Waals surface area (Å²) in [5, 5.41) is 28.4. The maximum absolute atomic E-state index is 12.3. The number of amides is 1. The van der Waals surface area contributed by atoms with E-state index in [1.807, 2.05) is 0 Å². The van der Waals surface area contributed by atoms with Gasteiger partial charge in [-0.05, 0) is 31.4 Å². The van der Waals surface area contributed by atoms with Gasteiger partial charge in [0.25, 0.3) is 5.91 Å². The molecule has 1 atom stereocenters. The molecule has 6 nitrogen and oxygen atoms in total. The van der Waals surface area contributed by atoms with Crippen LogP contribution >= 0.6 is 0 Å². The fraction of sp³-hybridized carbons (Fsp3) is 0.385. The number of likely N-dealkylation sites (tertiary alicyclic amines) is 1. The standard InChI is InChI=1S/C13H15NO5/c15-9-5-3-6-10(16)11(9)12(17)14-7-2-1-4-8(14)13(18)19/h3,5-6,8,15-16H,1-2,4,7H2,(H,18,19). The molecule has 1 aromatic rings. The number of carbonyl (C=O) groups excluding carboxylic acids is 1. The Kier molecular flexibility index (Phi) is 3.59. The Balaban J connectivity index is 2.34. The number of hydrogen-bond acceptors (Lipinski definition) is 4. The van der Waals surface area contributed by atoms with Gasteiger partial charge in [0.15, 0.2) is 0 Å². The van der Waals surface area contributed by atoms with Crippen molar-refractivity contribution in [2.24, 2.45) is 0 Å². The number of aliphatic carboxylic acids is 1. The Morgan fingerprint density at radius 3 is 2.37 bits per heavy atom. The number of nitrogens with zero attached hydrogens (tertiary/aromatic N) is 1. The summed E-state index contributed by atoms with van der Waals surface area (Å²) in [5.41, 5.74) is -0.240. The fourth-order valence-electron chi connectivity index (χ4n) is 2.32. The van der Waals surface area contributed by atoms with Crippen LogP contribution in [0.3, 0.4) is 0 Å². The molecule has 1 heterocycles. The number of carboxylic acid groups (broad SMARTS) is 1. The molecular formula is C13H15NO5. The molecule has 0 saturated carbocycles. The molecule has 1 fully saturated rings. The van der Waals surface area contributed by atoms with Gasteiger partial charge in [-0.3, -0.25) is 4.79 Å². The molecule has 3 N–H and O–H groups in total. The van der Waals surface area contributed by atoms with Gasteiger partial charge in [0.2, 0.25) is 0 Å². The number of phenolic OH excluding ortho intramolecular Hbond substituents is 2. The van der Waals surface area contributed by atoms with Crippen LogP contribution in [0, 0.1) is 0 Å². The summed E-state index contributed by atoms with van der Waals surface area (Å²) < 4.78 is 0. The first kappa shape index (κ1) is 13.2. The molecule has 2 rings (SSSR count). The van der Waals surface area contributed by atoms with Crippen LogP contribution in [0.4, 0.5) is 0 Å². The highest BCUT2D eigenvalue weighted by Crippen LogP contribution is 2.30. The third kappa shape index (κ3) is 2.47. The van der Waals surface area contributed by atoms with Crippen molar-refractivity contribution in [1.82, 2.24) is 4.90 Å². The first-order valence-electron chi connectivity index (χ1n) is 6.07. The average Bonchev–Trinajstić information content (AvgIpc) is 2.38. The highest BCUT2D eigenvalue weighted by molar-refractivity contribution is 6.01. The van der Waals surface area contributed by atoms with Crippen LogP contribution in [-0.4, -0.2) is 44.7 Å². The molecule has 0 radical (unpaired) electrons. The third-order valence-corrected chi connectivity index (χ3v) is 3.28. The molecule has 1 saturated heterocycles. The Hall–Kier alpha value is -2.24. The lowest BCUT2D eigenvalue weighted by Crippen LogP contribution is -2.48. The Bertz CT molecular complexity index is 494. The molecule has 1 amide bonds. The van der Waals surface area contributed by atoms with Crippen LogP contribution in [-0.2, 0) is 4.79 Å². The van der Waals surface area contributed by atoms with E-state index < -0.39 is 17.9 Å². The molecule has 6 heteroatoms. The van der Waals surface area contributed by atoms with Crippen molar-refractivity contribution in [3.05, 3.63) is 23.8 Å². The number of aromatic hydroxyl groups is 2. The fourth-order valence-corrected chi connectivity index (χ4v) is 2.32. The predicted octanol–water partition coefficient (Wildman–Crippen LogP) is 1.18. The number of rotatable bonds is 2. The van der Waals surface area contributed by atoms with Crippen LogP contribution in [0.2, 0.25) is 0 Å². The normalized spacial score (nSPS) is 19.2. The summed E-state index contributed by atoms with van der Waals surface area (Å²) in [6.07, 6.45) is 1.84. The minimum absolute atomic E-state index is 0.240. The smallest absolute Gasteiger partial charge is 0.326 e. The molecule has 1 aliphatic heterocycles. The Labute approximate surface area is 109 Å². The highest BCUT2D eigenvalue weighted by Gasteiger charge is 2.34. The third-order valence-electron chi connectivity index (χ3n) is 3.28. The predicted molar refractivity (Wildman–Crippen MR) is 66.1 cm³/mol. The largest absolute Gasteiger partial charge is 0.507 e.